The van der Waals surface area contributed by atoms with Crippen LogP contribution in [0.1, 0.15) is 41.8 Å². The van der Waals surface area contributed by atoms with E-state index in [0.29, 0.717) is 0 Å². The van der Waals surface area contributed by atoms with Crippen molar-refractivity contribution in [1.82, 2.24) is 5.32 Å². The molecule has 1 aliphatic rings. The van der Waals surface area contributed by atoms with Gasteiger partial charge in [-0.15, -0.1) is 11.3 Å². The van der Waals surface area contributed by atoms with Gasteiger partial charge < -0.3 is 10.1 Å². The number of halogens is 1. The van der Waals surface area contributed by atoms with E-state index in [1.807, 2.05) is 6.07 Å². The van der Waals surface area contributed by atoms with Gasteiger partial charge in [0, 0.05) is 4.88 Å². The number of nitrogens with one attached hydrogen (secondary N) is 1. The molecule has 0 spiro atoms. The standard InChI is InChI=1S/C17H20ClNOS/c1-2-9-19-17(15-7-8-16(18)21-15)13-5-6-14-12(11-13)4-3-10-20-14/h5-8,11,17,19H,2-4,9-10H2,1H3. The lowest BCUT2D eigenvalue weighted by Crippen LogP contribution is -2.22. The maximum atomic E-state index is 6.11. The average molecular weight is 322 g/mol. The minimum Gasteiger partial charge on any atom is -0.493 e. The summed E-state index contributed by atoms with van der Waals surface area (Å²) in [5.41, 5.74) is 2.62. The zero-order valence-electron chi connectivity index (χ0n) is 12.2. The van der Waals surface area contributed by atoms with Crippen LogP contribution in [-0.2, 0) is 6.42 Å². The summed E-state index contributed by atoms with van der Waals surface area (Å²) in [7, 11) is 0. The summed E-state index contributed by atoms with van der Waals surface area (Å²) < 4.78 is 6.55. The van der Waals surface area contributed by atoms with E-state index in [0.717, 1.165) is 42.5 Å². The first-order chi connectivity index (χ1) is 10.3. The highest BCUT2D eigenvalue weighted by Gasteiger charge is 2.18. The number of ether oxygens (including phenoxy) is 1. The van der Waals surface area contributed by atoms with E-state index in [9.17, 15) is 0 Å². The van der Waals surface area contributed by atoms with E-state index < -0.39 is 0 Å². The molecule has 2 heterocycles. The predicted octanol–water partition coefficient (Wildman–Crippen LogP) is 4.82. The maximum absolute atomic E-state index is 6.11. The van der Waals surface area contributed by atoms with Crippen LogP contribution in [0.25, 0.3) is 0 Å². The van der Waals surface area contributed by atoms with E-state index in [4.69, 9.17) is 16.3 Å². The van der Waals surface area contributed by atoms with Gasteiger partial charge in [0.25, 0.3) is 0 Å². The van der Waals surface area contributed by atoms with Gasteiger partial charge in [0.1, 0.15) is 5.75 Å². The number of aryl methyl sites for hydroxylation is 1. The SMILES string of the molecule is CCCNC(c1ccc2c(c1)CCCO2)c1ccc(Cl)s1. The van der Waals surface area contributed by atoms with Crippen molar-refractivity contribution < 1.29 is 4.74 Å². The largest absolute Gasteiger partial charge is 0.493 e. The lowest BCUT2D eigenvalue weighted by molar-refractivity contribution is 0.288. The second-order valence-corrected chi connectivity index (χ2v) is 7.09. The molecule has 0 saturated heterocycles. The van der Waals surface area contributed by atoms with Crippen LogP contribution in [-0.4, -0.2) is 13.2 Å². The van der Waals surface area contributed by atoms with Crippen molar-refractivity contribution in [1.29, 1.82) is 0 Å². The molecule has 1 aliphatic heterocycles. The van der Waals surface area contributed by atoms with Crippen LogP contribution in [0.4, 0.5) is 0 Å². The molecule has 0 fully saturated rings. The monoisotopic (exact) mass is 321 g/mol. The molecule has 1 aromatic heterocycles. The summed E-state index contributed by atoms with van der Waals surface area (Å²) in [4.78, 5) is 1.27. The minimum absolute atomic E-state index is 0.217. The molecule has 0 radical (unpaired) electrons. The first-order valence-electron chi connectivity index (χ1n) is 7.52. The molecule has 1 unspecified atom stereocenters. The van der Waals surface area contributed by atoms with E-state index in [-0.39, 0.29) is 6.04 Å². The van der Waals surface area contributed by atoms with Gasteiger partial charge in [-0.05, 0) is 55.1 Å². The summed E-state index contributed by atoms with van der Waals surface area (Å²) in [6, 6.07) is 10.9. The fourth-order valence-electron chi connectivity index (χ4n) is 2.71. The zero-order chi connectivity index (χ0) is 14.7. The summed E-state index contributed by atoms with van der Waals surface area (Å²) in [6.45, 7) is 4.02. The molecule has 0 amide bonds. The van der Waals surface area contributed by atoms with Crippen molar-refractivity contribution in [2.24, 2.45) is 0 Å². The molecule has 3 rings (SSSR count). The second kappa shape index (κ2) is 6.82. The Morgan fingerprint density at radius 3 is 3.00 bits per heavy atom. The first kappa shape index (κ1) is 14.9. The lowest BCUT2D eigenvalue weighted by Gasteiger charge is -2.22. The molecule has 2 nitrogen and oxygen atoms in total. The highest BCUT2D eigenvalue weighted by Crippen LogP contribution is 2.34. The highest BCUT2D eigenvalue weighted by atomic mass is 35.5. The first-order valence-corrected chi connectivity index (χ1v) is 8.71. The summed E-state index contributed by atoms with van der Waals surface area (Å²) >= 11 is 7.76. The topological polar surface area (TPSA) is 21.3 Å². The number of thiophene rings is 1. The second-order valence-electron chi connectivity index (χ2n) is 5.35. The van der Waals surface area contributed by atoms with Crippen molar-refractivity contribution in [3.63, 3.8) is 0 Å². The van der Waals surface area contributed by atoms with Crippen molar-refractivity contribution in [2.45, 2.75) is 32.2 Å². The van der Waals surface area contributed by atoms with E-state index in [1.165, 1.54) is 16.0 Å². The normalized spacial score (nSPS) is 15.3. The summed E-state index contributed by atoms with van der Waals surface area (Å²) in [6.07, 6.45) is 3.33. The van der Waals surface area contributed by atoms with Gasteiger partial charge in [-0.3, -0.25) is 0 Å². The molecule has 112 valence electrons. The van der Waals surface area contributed by atoms with Crippen molar-refractivity contribution in [3.05, 3.63) is 50.7 Å². The fraction of sp³-hybridized carbons (Fsp3) is 0.412. The van der Waals surface area contributed by atoms with E-state index >= 15 is 0 Å². The van der Waals surface area contributed by atoms with Crippen LogP contribution in [0.5, 0.6) is 5.75 Å². The highest BCUT2D eigenvalue weighted by molar-refractivity contribution is 7.16. The molecule has 1 atom stereocenters. The Labute approximate surface area is 135 Å². The van der Waals surface area contributed by atoms with Gasteiger partial charge >= 0.3 is 0 Å². The Balaban J connectivity index is 1.92. The van der Waals surface area contributed by atoms with Crippen LogP contribution in [0.3, 0.4) is 0 Å². The molecule has 1 N–H and O–H groups in total. The van der Waals surface area contributed by atoms with Crippen LogP contribution < -0.4 is 10.1 Å². The number of fused-ring (bicyclic) bond motifs is 1. The van der Waals surface area contributed by atoms with Gasteiger partial charge in [0.05, 0.1) is 17.0 Å². The van der Waals surface area contributed by atoms with Crippen molar-refractivity contribution in [3.8, 4) is 5.75 Å². The predicted molar refractivity (Wildman–Crippen MR) is 89.7 cm³/mol. The van der Waals surface area contributed by atoms with E-state index in [2.05, 4.69) is 36.5 Å². The molecular weight excluding hydrogens is 302 g/mol. The molecule has 4 heteroatoms. The van der Waals surface area contributed by atoms with Gasteiger partial charge in [-0.2, -0.15) is 0 Å². The molecule has 0 saturated carbocycles. The molecule has 1 aromatic carbocycles. The number of hydrogen-bond acceptors (Lipinski definition) is 3. The minimum atomic E-state index is 0.217. The van der Waals surface area contributed by atoms with Crippen LogP contribution in [0.15, 0.2) is 30.3 Å². The van der Waals surface area contributed by atoms with Crippen LogP contribution in [0, 0.1) is 0 Å². The number of benzene rings is 1. The average Bonchev–Trinajstić information content (AvgIpc) is 2.94. The van der Waals surface area contributed by atoms with Crippen LogP contribution >= 0.6 is 22.9 Å². The zero-order valence-corrected chi connectivity index (χ0v) is 13.8. The third-order valence-corrected chi connectivity index (χ3v) is 5.04. The quantitative estimate of drug-likeness (QED) is 0.852. The lowest BCUT2D eigenvalue weighted by atomic mass is 9.98. The fourth-order valence-corrected chi connectivity index (χ4v) is 3.88. The maximum Gasteiger partial charge on any atom is 0.122 e. The molecule has 0 bridgehead atoms. The Kier molecular flexibility index (Phi) is 4.84. The Bertz CT molecular complexity index is 611. The van der Waals surface area contributed by atoms with Crippen molar-refractivity contribution >= 4 is 22.9 Å². The summed E-state index contributed by atoms with van der Waals surface area (Å²) in [5.74, 6) is 1.04. The van der Waals surface area contributed by atoms with Gasteiger partial charge in [0.15, 0.2) is 0 Å². The molecule has 0 aliphatic carbocycles. The number of hydrogen-bond donors (Lipinski definition) is 1. The van der Waals surface area contributed by atoms with E-state index in [1.54, 1.807) is 11.3 Å². The molecular formula is C17H20ClNOS. The van der Waals surface area contributed by atoms with Gasteiger partial charge in [-0.1, -0.05) is 30.7 Å². The van der Waals surface area contributed by atoms with Gasteiger partial charge in [-0.25, -0.2) is 0 Å². The van der Waals surface area contributed by atoms with Crippen molar-refractivity contribution in [2.75, 3.05) is 13.2 Å². The van der Waals surface area contributed by atoms with Crippen LogP contribution in [0.2, 0.25) is 4.34 Å². The third kappa shape index (κ3) is 3.42. The molecule has 2 aromatic rings. The van der Waals surface area contributed by atoms with Gasteiger partial charge in [0.2, 0.25) is 0 Å². The Morgan fingerprint density at radius 2 is 2.24 bits per heavy atom. The molecule has 21 heavy (non-hydrogen) atoms. The third-order valence-electron chi connectivity index (χ3n) is 3.74. The summed E-state index contributed by atoms with van der Waals surface area (Å²) in [5, 5.41) is 3.63. The Hall–Kier alpha value is -1.03. The number of rotatable bonds is 5. The Morgan fingerprint density at radius 1 is 1.33 bits per heavy atom. The smallest absolute Gasteiger partial charge is 0.122 e.